The second-order valence-electron chi connectivity index (χ2n) is 2.49. The van der Waals surface area contributed by atoms with Gasteiger partial charge in [0.1, 0.15) is 17.3 Å². The van der Waals surface area contributed by atoms with Crippen LogP contribution in [0.2, 0.25) is 4.34 Å². The molecule has 2 heterocycles. The molecule has 0 bridgehead atoms. The highest BCUT2D eigenvalue weighted by atomic mass is 35.5. The first kappa shape index (κ1) is 9.06. The summed E-state index contributed by atoms with van der Waals surface area (Å²) in [6.45, 7) is 0. The standard InChI is InChI=1S/C8H4ClN3OS/c9-6-2-1-5(14-6)7-4(3-10)8(11)13-12-7/h1-2H,11H2. The third-order valence-electron chi connectivity index (χ3n) is 1.64. The van der Waals surface area contributed by atoms with Crippen LogP contribution >= 0.6 is 22.9 Å². The van der Waals surface area contributed by atoms with E-state index in [2.05, 4.69) is 5.16 Å². The van der Waals surface area contributed by atoms with Crippen molar-refractivity contribution in [2.45, 2.75) is 0 Å². The molecular weight excluding hydrogens is 222 g/mol. The van der Waals surface area contributed by atoms with Crippen molar-refractivity contribution in [2.75, 3.05) is 5.73 Å². The van der Waals surface area contributed by atoms with E-state index in [1.165, 1.54) is 11.3 Å². The molecule has 2 N–H and O–H groups in total. The van der Waals surface area contributed by atoms with Gasteiger partial charge >= 0.3 is 0 Å². The van der Waals surface area contributed by atoms with E-state index < -0.39 is 0 Å². The lowest BCUT2D eigenvalue weighted by Gasteiger charge is -1.87. The minimum Gasteiger partial charge on any atom is -0.366 e. The number of nitrogens with two attached hydrogens (primary N) is 1. The van der Waals surface area contributed by atoms with E-state index in [9.17, 15) is 0 Å². The highest BCUT2D eigenvalue weighted by molar-refractivity contribution is 7.19. The molecule has 4 nitrogen and oxygen atoms in total. The van der Waals surface area contributed by atoms with Gasteiger partial charge in [0.2, 0.25) is 5.88 Å². The van der Waals surface area contributed by atoms with Crippen LogP contribution in [0.5, 0.6) is 0 Å². The zero-order valence-corrected chi connectivity index (χ0v) is 8.39. The maximum atomic E-state index is 8.80. The van der Waals surface area contributed by atoms with Crippen LogP contribution in [0.15, 0.2) is 16.7 Å². The zero-order valence-electron chi connectivity index (χ0n) is 6.82. The Balaban J connectivity index is 2.58. The minimum absolute atomic E-state index is 0.0343. The quantitative estimate of drug-likeness (QED) is 0.809. The lowest BCUT2D eigenvalue weighted by atomic mass is 10.2. The monoisotopic (exact) mass is 225 g/mol. The van der Waals surface area contributed by atoms with Gasteiger partial charge in [0.15, 0.2) is 0 Å². The average molecular weight is 226 g/mol. The van der Waals surface area contributed by atoms with Crippen molar-refractivity contribution in [1.29, 1.82) is 5.26 Å². The van der Waals surface area contributed by atoms with Crippen molar-refractivity contribution in [2.24, 2.45) is 0 Å². The Bertz CT molecular complexity index is 511. The van der Waals surface area contributed by atoms with Gasteiger partial charge in [-0.15, -0.1) is 11.3 Å². The summed E-state index contributed by atoms with van der Waals surface area (Å²) >= 11 is 7.08. The normalized spacial score (nSPS) is 10.0. The van der Waals surface area contributed by atoms with Gasteiger partial charge in [0.05, 0.1) is 9.21 Å². The molecule has 2 aromatic rings. The number of nitrogen functional groups attached to an aromatic ring is 1. The lowest BCUT2D eigenvalue weighted by molar-refractivity contribution is 0.439. The third kappa shape index (κ3) is 1.35. The fourth-order valence-corrected chi connectivity index (χ4v) is 2.05. The first-order chi connectivity index (χ1) is 6.72. The Labute approximate surface area is 88.5 Å². The molecule has 0 fully saturated rings. The van der Waals surface area contributed by atoms with E-state index in [-0.39, 0.29) is 11.4 Å². The Morgan fingerprint density at radius 2 is 2.36 bits per heavy atom. The number of thiophene rings is 1. The van der Waals surface area contributed by atoms with E-state index in [0.29, 0.717) is 10.0 Å². The van der Waals surface area contributed by atoms with Crippen LogP contribution in [0.25, 0.3) is 10.6 Å². The SMILES string of the molecule is N#Cc1c(-c2ccc(Cl)s2)noc1N. The number of nitrogens with zero attached hydrogens (tertiary/aromatic N) is 2. The maximum absolute atomic E-state index is 8.80. The second kappa shape index (κ2) is 3.33. The molecule has 0 aliphatic rings. The summed E-state index contributed by atoms with van der Waals surface area (Å²) < 4.78 is 5.35. The van der Waals surface area contributed by atoms with Crippen LogP contribution < -0.4 is 5.73 Å². The molecule has 0 unspecified atom stereocenters. The number of aromatic nitrogens is 1. The average Bonchev–Trinajstić information content (AvgIpc) is 2.71. The highest BCUT2D eigenvalue weighted by Crippen LogP contribution is 2.33. The fraction of sp³-hybridized carbons (Fsp3) is 0. The molecule has 0 saturated carbocycles. The summed E-state index contributed by atoms with van der Waals surface area (Å²) in [5.41, 5.74) is 6.12. The van der Waals surface area contributed by atoms with Crippen molar-refractivity contribution in [3.05, 3.63) is 22.0 Å². The van der Waals surface area contributed by atoms with E-state index in [1.54, 1.807) is 12.1 Å². The molecule has 2 aromatic heterocycles. The molecule has 2 rings (SSSR count). The lowest BCUT2D eigenvalue weighted by Crippen LogP contribution is -1.84. The van der Waals surface area contributed by atoms with Gasteiger partial charge in [-0.25, -0.2) is 0 Å². The van der Waals surface area contributed by atoms with Crippen LogP contribution in [-0.2, 0) is 0 Å². The fourth-order valence-electron chi connectivity index (χ4n) is 1.02. The smallest absolute Gasteiger partial charge is 0.240 e. The highest BCUT2D eigenvalue weighted by Gasteiger charge is 2.16. The third-order valence-corrected chi connectivity index (χ3v) is 2.87. The Morgan fingerprint density at radius 3 is 2.93 bits per heavy atom. The van der Waals surface area contributed by atoms with E-state index in [0.717, 1.165) is 4.88 Å². The topological polar surface area (TPSA) is 75.8 Å². The van der Waals surface area contributed by atoms with Crippen molar-refractivity contribution in [3.63, 3.8) is 0 Å². The molecule has 0 amide bonds. The number of anilines is 1. The van der Waals surface area contributed by atoms with Crippen LogP contribution in [-0.4, -0.2) is 5.16 Å². The van der Waals surface area contributed by atoms with Gasteiger partial charge in [-0.1, -0.05) is 16.8 Å². The molecular formula is C8H4ClN3OS. The van der Waals surface area contributed by atoms with Crippen LogP contribution in [0.3, 0.4) is 0 Å². The summed E-state index contributed by atoms with van der Waals surface area (Å²) in [5, 5.41) is 12.5. The molecule has 0 spiro atoms. The molecule has 14 heavy (non-hydrogen) atoms. The molecule has 0 radical (unpaired) electrons. The number of rotatable bonds is 1. The predicted octanol–water partition coefficient (Wildman–Crippen LogP) is 2.51. The van der Waals surface area contributed by atoms with Gasteiger partial charge in [-0.3, -0.25) is 0 Å². The minimum atomic E-state index is 0.0343. The summed E-state index contributed by atoms with van der Waals surface area (Å²) in [5.74, 6) is 0.0343. The Morgan fingerprint density at radius 1 is 1.57 bits per heavy atom. The largest absolute Gasteiger partial charge is 0.366 e. The number of hydrogen-bond acceptors (Lipinski definition) is 5. The van der Waals surface area contributed by atoms with E-state index in [4.69, 9.17) is 27.1 Å². The first-order valence-corrected chi connectivity index (χ1v) is 4.82. The van der Waals surface area contributed by atoms with Crippen LogP contribution in [0.4, 0.5) is 5.88 Å². The van der Waals surface area contributed by atoms with Gasteiger partial charge in [0, 0.05) is 0 Å². The van der Waals surface area contributed by atoms with E-state index >= 15 is 0 Å². The Kier molecular flexibility index (Phi) is 2.15. The van der Waals surface area contributed by atoms with E-state index in [1.807, 2.05) is 6.07 Å². The van der Waals surface area contributed by atoms with Gasteiger partial charge < -0.3 is 10.3 Å². The molecule has 70 valence electrons. The number of halogens is 1. The van der Waals surface area contributed by atoms with Gasteiger partial charge in [0.25, 0.3) is 0 Å². The van der Waals surface area contributed by atoms with Gasteiger partial charge in [-0.05, 0) is 12.1 Å². The molecule has 0 saturated heterocycles. The number of hydrogen-bond donors (Lipinski definition) is 1. The zero-order chi connectivity index (χ0) is 10.1. The summed E-state index contributed by atoms with van der Waals surface area (Å²) in [7, 11) is 0. The first-order valence-electron chi connectivity index (χ1n) is 3.63. The second-order valence-corrected chi connectivity index (χ2v) is 4.20. The predicted molar refractivity (Wildman–Crippen MR) is 54.0 cm³/mol. The maximum Gasteiger partial charge on any atom is 0.240 e. The number of nitriles is 1. The summed E-state index contributed by atoms with van der Waals surface area (Å²) in [6.07, 6.45) is 0. The van der Waals surface area contributed by atoms with Crippen molar-refractivity contribution in [3.8, 4) is 16.6 Å². The van der Waals surface area contributed by atoms with Gasteiger partial charge in [-0.2, -0.15) is 5.26 Å². The Hall–Kier alpha value is -1.51. The van der Waals surface area contributed by atoms with Crippen molar-refractivity contribution >= 4 is 28.8 Å². The molecule has 0 atom stereocenters. The molecule has 6 heteroatoms. The summed E-state index contributed by atoms with van der Waals surface area (Å²) in [4.78, 5) is 0.770. The van der Waals surface area contributed by atoms with Crippen molar-refractivity contribution < 1.29 is 4.52 Å². The molecule has 0 aromatic carbocycles. The molecule has 0 aliphatic carbocycles. The molecule has 0 aliphatic heterocycles. The summed E-state index contributed by atoms with van der Waals surface area (Å²) in [6, 6.07) is 5.43. The van der Waals surface area contributed by atoms with Crippen molar-refractivity contribution in [1.82, 2.24) is 5.16 Å². The van der Waals surface area contributed by atoms with Crippen LogP contribution in [0.1, 0.15) is 5.56 Å². The van der Waals surface area contributed by atoms with Crippen LogP contribution in [0, 0.1) is 11.3 Å².